The Labute approximate surface area is 73.5 Å². The monoisotopic (exact) mass is 201 g/mol. The van der Waals surface area contributed by atoms with E-state index in [4.69, 9.17) is 0 Å². The van der Waals surface area contributed by atoms with Gasteiger partial charge < -0.3 is 4.90 Å². The van der Waals surface area contributed by atoms with Crippen LogP contribution in [0.5, 0.6) is 0 Å². The summed E-state index contributed by atoms with van der Waals surface area (Å²) < 4.78 is 47.5. The first-order valence-electron chi connectivity index (χ1n) is 3.84. The van der Waals surface area contributed by atoms with E-state index in [1.165, 1.54) is 13.8 Å². The Morgan fingerprint density at radius 1 is 1.31 bits per heavy atom. The summed E-state index contributed by atoms with van der Waals surface area (Å²) in [5, 5.41) is 0. The molecule has 13 heavy (non-hydrogen) atoms. The molecule has 0 spiro atoms. The number of hydrogen-bond donors (Lipinski definition) is 0. The average Bonchev–Trinajstić information content (AvgIpc) is 2.03. The second-order valence-electron chi connectivity index (χ2n) is 2.41. The van der Waals surface area contributed by atoms with Gasteiger partial charge in [0.1, 0.15) is 0 Å². The molecular weight excluding hydrogens is 190 g/mol. The summed E-state index contributed by atoms with van der Waals surface area (Å²) in [6.07, 6.45) is -8.49. The molecule has 0 rings (SSSR count). The van der Waals surface area contributed by atoms with Crippen molar-refractivity contribution in [3.8, 4) is 0 Å². The van der Waals surface area contributed by atoms with Gasteiger partial charge in [-0.15, -0.1) is 0 Å². The van der Waals surface area contributed by atoms with Crippen molar-refractivity contribution in [2.24, 2.45) is 0 Å². The van der Waals surface area contributed by atoms with Crippen LogP contribution in [0.4, 0.5) is 17.6 Å². The van der Waals surface area contributed by atoms with Crippen LogP contribution in [0.1, 0.15) is 13.8 Å². The Morgan fingerprint density at radius 3 is 1.92 bits per heavy atom. The molecule has 1 atom stereocenters. The summed E-state index contributed by atoms with van der Waals surface area (Å²) in [5.74, 6) is -1.52. The molecule has 0 aliphatic rings. The minimum Gasteiger partial charge on any atom is -0.340 e. The number of rotatable bonds is 3. The zero-order valence-electron chi connectivity index (χ0n) is 7.36. The van der Waals surface area contributed by atoms with Crippen molar-refractivity contribution in [1.82, 2.24) is 4.90 Å². The highest BCUT2D eigenvalue weighted by Crippen LogP contribution is 2.24. The van der Waals surface area contributed by atoms with Gasteiger partial charge in [0.25, 0.3) is 12.1 Å². The highest BCUT2D eigenvalue weighted by Gasteiger charge is 2.46. The minimum atomic E-state index is -5.10. The maximum Gasteiger partial charge on any atom is 0.428 e. The van der Waals surface area contributed by atoms with Crippen molar-refractivity contribution in [2.75, 3.05) is 13.1 Å². The molecule has 0 aliphatic heterocycles. The molecule has 0 aromatic carbocycles. The van der Waals surface area contributed by atoms with Gasteiger partial charge in [-0.3, -0.25) is 4.79 Å². The van der Waals surface area contributed by atoms with E-state index < -0.39 is 18.3 Å². The summed E-state index contributed by atoms with van der Waals surface area (Å²) in [5.41, 5.74) is 0. The molecule has 0 aromatic heterocycles. The van der Waals surface area contributed by atoms with Crippen LogP contribution in [-0.4, -0.2) is 36.2 Å². The Bertz CT molecular complexity index is 176. The van der Waals surface area contributed by atoms with Crippen LogP contribution < -0.4 is 0 Å². The fourth-order valence-corrected chi connectivity index (χ4v) is 0.836. The lowest BCUT2D eigenvalue weighted by atomic mass is 10.3. The molecular formula is C7H11F4NO. The number of amides is 1. The van der Waals surface area contributed by atoms with Crippen molar-refractivity contribution in [2.45, 2.75) is 26.2 Å². The normalized spacial score (nSPS) is 14.0. The van der Waals surface area contributed by atoms with Crippen LogP contribution in [0.25, 0.3) is 0 Å². The van der Waals surface area contributed by atoms with Crippen molar-refractivity contribution >= 4 is 5.91 Å². The molecule has 0 saturated heterocycles. The second-order valence-corrected chi connectivity index (χ2v) is 2.41. The van der Waals surface area contributed by atoms with E-state index in [2.05, 4.69) is 0 Å². The highest BCUT2D eigenvalue weighted by atomic mass is 19.4. The van der Waals surface area contributed by atoms with Crippen molar-refractivity contribution < 1.29 is 22.4 Å². The Morgan fingerprint density at radius 2 is 1.69 bits per heavy atom. The van der Waals surface area contributed by atoms with Gasteiger partial charge in [-0.2, -0.15) is 13.2 Å². The summed E-state index contributed by atoms with van der Waals surface area (Å²) in [6, 6.07) is 0. The molecule has 0 bridgehead atoms. The first kappa shape index (κ1) is 12.2. The fourth-order valence-electron chi connectivity index (χ4n) is 0.836. The summed E-state index contributed by atoms with van der Waals surface area (Å²) >= 11 is 0. The maximum absolute atomic E-state index is 12.4. The van der Waals surface area contributed by atoms with Gasteiger partial charge in [0.05, 0.1) is 0 Å². The third-order valence-electron chi connectivity index (χ3n) is 1.58. The molecule has 0 radical (unpaired) electrons. The lowest BCUT2D eigenvalue weighted by molar-refractivity contribution is -0.192. The number of hydrogen-bond acceptors (Lipinski definition) is 1. The van der Waals surface area contributed by atoms with Gasteiger partial charge in [0.2, 0.25) is 0 Å². The van der Waals surface area contributed by atoms with E-state index in [1.54, 1.807) is 0 Å². The molecule has 0 saturated carbocycles. The molecule has 78 valence electrons. The smallest absolute Gasteiger partial charge is 0.340 e. The van der Waals surface area contributed by atoms with E-state index in [0.717, 1.165) is 4.90 Å². The third-order valence-corrected chi connectivity index (χ3v) is 1.58. The van der Waals surface area contributed by atoms with E-state index in [0.29, 0.717) is 0 Å². The van der Waals surface area contributed by atoms with Gasteiger partial charge in [0.15, 0.2) is 0 Å². The van der Waals surface area contributed by atoms with Crippen molar-refractivity contribution in [1.29, 1.82) is 0 Å². The van der Waals surface area contributed by atoms with Gasteiger partial charge >= 0.3 is 6.18 Å². The van der Waals surface area contributed by atoms with Gasteiger partial charge in [-0.25, -0.2) is 4.39 Å². The van der Waals surface area contributed by atoms with Gasteiger partial charge in [-0.1, -0.05) is 0 Å². The van der Waals surface area contributed by atoms with Crippen LogP contribution in [0.2, 0.25) is 0 Å². The first-order valence-corrected chi connectivity index (χ1v) is 3.84. The summed E-state index contributed by atoms with van der Waals surface area (Å²) in [7, 11) is 0. The standard InChI is InChI=1S/C7H11F4NO/c1-3-12(4-2)6(13)5(8)7(9,10)11/h5H,3-4H2,1-2H3/t5-/m1/s1. The molecule has 0 fully saturated rings. The molecule has 2 nitrogen and oxygen atoms in total. The number of carbonyl (C=O) groups is 1. The van der Waals surface area contributed by atoms with Crippen molar-refractivity contribution in [3.05, 3.63) is 0 Å². The van der Waals surface area contributed by atoms with Crippen molar-refractivity contribution in [3.63, 3.8) is 0 Å². The molecule has 0 unspecified atom stereocenters. The maximum atomic E-state index is 12.4. The number of alkyl halides is 4. The average molecular weight is 201 g/mol. The first-order chi connectivity index (χ1) is 5.84. The Kier molecular flexibility index (Phi) is 4.16. The lowest BCUT2D eigenvalue weighted by Gasteiger charge is -2.21. The minimum absolute atomic E-state index is 0.0752. The molecule has 0 N–H and O–H groups in total. The number of nitrogens with zero attached hydrogens (tertiary/aromatic N) is 1. The topological polar surface area (TPSA) is 20.3 Å². The molecule has 0 aliphatic carbocycles. The molecule has 0 heterocycles. The van der Waals surface area contributed by atoms with Crippen LogP contribution >= 0.6 is 0 Å². The molecule has 1 amide bonds. The Hall–Kier alpha value is -0.810. The van der Waals surface area contributed by atoms with E-state index in [-0.39, 0.29) is 13.1 Å². The predicted octanol–water partition coefficient (Wildman–Crippen LogP) is 1.76. The summed E-state index contributed by atoms with van der Waals surface area (Å²) in [4.78, 5) is 11.6. The van der Waals surface area contributed by atoms with E-state index in [9.17, 15) is 22.4 Å². The van der Waals surface area contributed by atoms with Crippen LogP contribution in [-0.2, 0) is 4.79 Å². The largest absolute Gasteiger partial charge is 0.428 e. The quantitative estimate of drug-likeness (QED) is 0.637. The predicted molar refractivity (Wildman–Crippen MR) is 38.9 cm³/mol. The zero-order valence-corrected chi connectivity index (χ0v) is 7.36. The highest BCUT2D eigenvalue weighted by molar-refractivity contribution is 5.81. The van der Waals surface area contributed by atoms with Crippen LogP contribution in [0.15, 0.2) is 0 Å². The van der Waals surface area contributed by atoms with Crippen LogP contribution in [0, 0.1) is 0 Å². The molecule has 6 heteroatoms. The van der Waals surface area contributed by atoms with E-state index >= 15 is 0 Å². The Balaban J connectivity index is 4.41. The van der Waals surface area contributed by atoms with Gasteiger partial charge in [-0.05, 0) is 13.8 Å². The zero-order chi connectivity index (χ0) is 10.6. The van der Waals surface area contributed by atoms with Crippen LogP contribution in [0.3, 0.4) is 0 Å². The SMILES string of the molecule is CCN(CC)C(=O)[C@@H](F)C(F)(F)F. The van der Waals surface area contributed by atoms with E-state index in [1.807, 2.05) is 0 Å². The number of halogens is 4. The van der Waals surface area contributed by atoms with Gasteiger partial charge in [0, 0.05) is 13.1 Å². The summed E-state index contributed by atoms with van der Waals surface area (Å²) in [6.45, 7) is 3.13. The second kappa shape index (κ2) is 4.43. The lowest BCUT2D eigenvalue weighted by Crippen LogP contribution is -2.43. The fraction of sp³-hybridized carbons (Fsp3) is 0.857. The third kappa shape index (κ3) is 3.20. The molecule has 0 aromatic rings. The number of carbonyl (C=O) groups excluding carboxylic acids is 1.